The Morgan fingerprint density at radius 1 is 1.31 bits per heavy atom. The number of rotatable bonds is 0. The molecule has 0 aliphatic carbocycles. The van der Waals surface area contributed by atoms with E-state index in [9.17, 15) is 13.2 Å². The first-order valence-electron chi connectivity index (χ1n) is 3.73. The lowest BCUT2D eigenvalue weighted by Crippen LogP contribution is -2.21. The van der Waals surface area contributed by atoms with Gasteiger partial charge in [-0.1, -0.05) is 11.6 Å². The summed E-state index contributed by atoms with van der Waals surface area (Å²) in [5, 5.41) is 16.1. The molecule has 1 aromatic carbocycles. The van der Waals surface area contributed by atoms with Gasteiger partial charge in [-0.2, -0.15) is 18.4 Å². The maximum absolute atomic E-state index is 10.6. The topological polar surface area (TPSA) is 61.1 Å². The van der Waals surface area contributed by atoms with Gasteiger partial charge in [0.1, 0.15) is 0 Å². The lowest BCUT2D eigenvalue weighted by molar-refractivity contribution is -0.192. The number of aliphatic carboxylic acids is 1. The summed E-state index contributed by atoms with van der Waals surface area (Å²) in [5.41, 5.74) is 0.638. The molecule has 86 valence electrons. The molecule has 16 heavy (non-hydrogen) atoms. The van der Waals surface area contributed by atoms with E-state index in [1.807, 2.05) is 6.07 Å². The molecular weight excluding hydrogens is 247 g/mol. The predicted octanol–water partition coefficient (Wildman–Crippen LogP) is 2.84. The van der Waals surface area contributed by atoms with E-state index < -0.39 is 12.1 Å². The molecule has 0 amide bonds. The van der Waals surface area contributed by atoms with Gasteiger partial charge in [-0.25, -0.2) is 4.79 Å². The van der Waals surface area contributed by atoms with Crippen LogP contribution in [-0.2, 0) is 4.79 Å². The van der Waals surface area contributed by atoms with Crippen molar-refractivity contribution in [2.24, 2.45) is 0 Å². The van der Waals surface area contributed by atoms with Crippen LogP contribution in [0.15, 0.2) is 24.3 Å². The van der Waals surface area contributed by atoms with Crippen molar-refractivity contribution < 1.29 is 23.1 Å². The van der Waals surface area contributed by atoms with Crippen molar-refractivity contribution in [3.63, 3.8) is 0 Å². The van der Waals surface area contributed by atoms with Gasteiger partial charge in [-0.05, 0) is 24.3 Å². The van der Waals surface area contributed by atoms with Crippen LogP contribution < -0.4 is 0 Å². The van der Waals surface area contributed by atoms with Crippen LogP contribution >= 0.6 is 11.6 Å². The molecule has 0 saturated carbocycles. The highest BCUT2D eigenvalue weighted by Crippen LogP contribution is 2.13. The van der Waals surface area contributed by atoms with Crippen molar-refractivity contribution in [3.05, 3.63) is 34.9 Å². The molecule has 0 heterocycles. The third kappa shape index (κ3) is 5.88. The smallest absolute Gasteiger partial charge is 0.475 e. The van der Waals surface area contributed by atoms with E-state index in [4.69, 9.17) is 26.8 Å². The molecule has 0 atom stereocenters. The van der Waals surface area contributed by atoms with Crippen molar-refractivity contribution in [1.29, 1.82) is 5.26 Å². The first kappa shape index (κ1) is 14.3. The van der Waals surface area contributed by atoms with Crippen LogP contribution in [0.5, 0.6) is 0 Å². The molecule has 1 aromatic rings. The molecule has 1 rings (SSSR count). The fraction of sp³-hybridized carbons (Fsp3) is 0.111. The highest BCUT2D eigenvalue weighted by atomic mass is 35.5. The van der Waals surface area contributed by atoms with Crippen molar-refractivity contribution in [2.75, 3.05) is 0 Å². The summed E-state index contributed by atoms with van der Waals surface area (Å²) in [5.74, 6) is -2.76. The summed E-state index contributed by atoms with van der Waals surface area (Å²) in [6.45, 7) is 0. The zero-order valence-electron chi connectivity index (χ0n) is 7.62. The standard InChI is InChI=1S/C7H4ClN.C2HF3O2/c8-7-3-1-6(5-9)2-4-7;3-2(4,5)1(6)7/h1-4H;(H,6,7). The van der Waals surface area contributed by atoms with Crippen molar-refractivity contribution in [1.82, 2.24) is 0 Å². The second-order valence-electron chi connectivity index (χ2n) is 2.42. The normalized spacial score (nSPS) is 9.69. The summed E-state index contributed by atoms with van der Waals surface area (Å²) in [4.78, 5) is 8.90. The van der Waals surface area contributed by atoms with Gasteiger partial charge in [0.2, 0.25) is 0 Å². The third-order valence-corrected chi connectivity index (χ3v) is 1.47. The molecule has 0 unspecified atom stereocenters. The van der Waals surface area contributed by atoms with Crippen LogP contribution in [0, 0.1) is 11.3 Å². The van der Waals surface area contributed by atoms with Crippen LogP contribution in [-0.4, -0.2) is 17.3 Å². The van der Waals surface area contributed by atoms with Gasteiger partial charge in [0, 0.05) is 5.02 Å². The monoisotopic (exact) mass is 251 g/mol. The van der Waals surface area contributed by atoms with E-state index in [-0.39, 0.29) is 0 Å². The van der Waals surface area contributed by atoms with Gasteiger partial charge in [-0.15, -0.1) is 0 Å². The van der Waals surface area contributed by atoms with Gasteiger partial charge in [0.25, 0.3) is 0 Å². The van der Waals surface area contributed by atoms with E-state index in [0.717, 1.165) is 0 Å². The quantitative estimate of drug-likeness (QED) is 0.771. The highest BCUT2D eigenvalue weighted by Gasteiger charge is 2.38. The third-order valence-electron chi connectivity index (χ3n) is 1.22. The molecule has 0 spiro atoms. The molecule has 0 saturated heterocycles. The first-order valence-corrected chi connectivity index (χ1v) is 4.11. The number of carboxylic acid groups (broad SMARTS) is 1. The number of halogens is 4. The molecule has 0 aliphatic heterocycles. The van der Waals surface area contributed by atoms with Crippen molar-refractivity contribution in [3.8, 4) is 6.07 Å². The van der Waals surface area contributed by atoms with Crippen LogP contribution in [0.2, 0.25) is 5.02 Å². The summed E-state index contributed by atoms with van der Waals surface area (Å²) < 4.78 is 31.7. The second kappa shape index (κ2) is 5.98. The average Bonchev–Trinajstić information content (AvgIpc) is 2.18. The average molecular weight is 252 g/mol. The number of carbonyl (C=O) groups is 1. The van der Waals surface area contributed by atoms with Gasteiger partial charge < -0.3 is 5.11 Å². The fourth-order valence-corrected chi connectivity index (χ4v) is 0.650. The van der Waals surface area contributed by atoms with Crippen LogP contribution in [0.25, 0.3) is 0 Å². The van der Waals surface area contributed by atoms with E-state index in [1.165, 1.54) is 0 Å². The maximum atomic E-state index is 10.6. The first-order chi connectivity index (χ1) is 7.27. The Balaban J connectivity index is 0.000000293. The van der Waals surface area contributed by atoms with E-state index in [1.54, 1.807) is 24.3 Å². The second-order valence-corrected chi connectivity index (χ2v) is 2.86. The highest BCUT2D eigenvalue weighted by molar-refractivity contribution is 6.30. The zero-order valence-corrected chi connectivity index (χ0v) is 8.38. The summed E-state index contributed by atoms with van der Waals surface area (Å²) in [7, 11) is 0. The number of hydrogen-bond donors (Lipinski definition) is 1. The lowest BCUT2D eigenvalue weighted by atomic mass is 10.2. The van der Waals surface area contributed by atoms with Gasteiger partial charge in [0.05, 0.1) is 11.6 Å². The molecule has 0 aromatic heterocycles. The van der Waals surface area contributed by atoms with Gasteiger partial charge in [0.15, 0.2) is 0 Å². The number of hydrogen-bond acceptors (Lipinski definition) is 2. The largest absolute Gasteiger partial charge is 0.490 e. The summed E-state index contributed by atoms with van der Waals surface area (Å²) in [6, 6.07) is 8.75. The molecule has 0 aliphatic rings. The van der Waals surface area contributed by atoms with E-state index in [0.29, 0.717) is 10.6 Å². The van der Waals surface area contributed by atoms with Crippen LogP contribution in [0.3, 0.4) is 0 Å². The Labute approximate surface area is 93.7 Å². The van der Waals surface area contributed by atoms with Crippen molar-refractivity contribution in [2.45, 2.75) is 6.18 Å². The predicted molar refractivity (Wildman–Crippen MR) is 49.9 cm³/mol. The van der Waals surface area contributed by atoms with E-state index >= 15 is 0 Å². The molecule has 1 N–H and O–H groups in total. The van der Waals surface area contributed by atoms with Crippen LogP contribution in [0.4, 0.5) is 13.2 Å². The SMILES string of the molecule is N#Cc1ccc(Cl)cc1.O=C(O)C(F)(F)F. The minimum absolute atomic E-state index is 0.638. The Morgan fingerprint density at radius 2 is 1.69 bits per heavy atom. The Bertz CT molecular complexity index is 395. The Hall–Kier alpha value is -1.74. The molecule has 7 heteroatoms. The van der Waals surface area contributed by atoms with Gasteiger partial charge in [-0.3, -0.25) is 0 Å². The Kier molecular flexibility index (Phi) is 5.33. The van der Waals surface area contributed by atoms with Crippen LogP contribution in [0.1, 0.15) is 5.56 Å². The zero-order chi connectivity index (χ0) is 12.8. The van der Waals surface area contributed by atoms with Gasteiger partial charge >= 0.3 is 12.1 Å². The molecule has 0 bridgehead atoms. The molecular formula is C9H5ClF3NO2. The van der Waals surface area contributed by atoms with Crippen molar-refractivity contribution >= 4 is 17.6 Å². The Morgan fingerprint density at radius 3 is 1.94 bits per heavy atom. The number of nitrogens with zero attached hydrogens (tertiary/aromatic N) is 1. The molecule has 0 radical (unpaired) electrons. The number of nitriles is 1. The lowest BCUT2D eigenvalue weighted by Gasteiger charge is -1.93. The number of benzene rings is 1. The minimum Gasteiger partial charge on any atom is -0.475 e. The minimum atomic E-state index is -5.08. The maximum Gasteiger partial charge on any atom is 0.490 e. The molecule has 3 nitrogen and oxygen atoms in total. The fourth-order valence-electron chi connectivity index (χ4n) is 0.524. The summed E-state index contributed by atoms with van der Waals surface area (Å²) in [6.07, 6.45) is -5.08. The number of alkyl halides is 3. The molecule has 0 fully saturated rings. The van der Waals surface area contributed by atoms with E-state index in [2.05, 4.69) is 0 Å². The summed E-state index contributed by atoms with van der Waals surface area (Å²) >= 11 is 5.56. The number of carboxylic acids is 1.